The fourth-order valence-corrected chi connectivity index (χ4v) is 2.76. The molecule has 3 aromatic rings. The molecule has 3 N–H and O–H groups in total. The first-order valence-corrected chi connectivity index (χ1v) is 7.63. The molecule has 3 heterocycles. The van der Waals surface area contributed by atoms with Gasteiger partial charge in [0.05, 0.1) is 42.6 Å². The zero-order valence-electron chi connectivity index (χ0n) is 12.7. The molecule has 1 aromatic carbocycles. The van der Waals surface area contributed by atoms with Crippen LogP contribution in [-0.2, 0) is 4.74 Å². The molecule has 0 saturated carbocycles. The summed E-state index contributed by atoms with van der Waals surface area (Å²) in [5.74, 6) is 1.16. The smallest absolute Gasteiger partial charge is 0.271 e. The number of hydrogen-bond donors (Lipinski definition) is 3. The standard InChI is InChI=1S/C15H16N6O3/c22-14-12-2-1-10(6-13(12)19-20-14)24-11-5-9(7-23-8-11)18-15-16-3-4-17-21-15/h1-4,6,9,11H,5,7-8H2,(H,16,18,21)(H2,19,20,22). The Morgan fingerprint density at radius 3 is 3.08 bits per heavy atom. The lowest BCUT2D eigenvalue weighted by molar-refractivity contribution is 0.000686. The van der Waals surface area contributed by atoms with Crippen molar-refractivity contribution in [2.75, 3.05) is 18.5 Å². The fraction of sp³-hybridized carbons (Fsp3) is 0.333. The zero-order valence-corrected chi connectivity index (χ0v) is 12.7. The molecule has 2 atom stereocenters. The van der Waals surface area contributed by atoms with Gasteiger partial charge in [0.15, 0.2) is 0 Å². The normalized spacial score (nSPS) is 20.8. The lowest BCUT2D eigenvalue weighted by Gasteiger charge is -2.30. The summed E-state index contributed by atoms with van der Waals surface area (Å²) in [7, 11) is 0. The molecule has 2 aromatic heterocycles. The van der Waals surface area contributed by atoms with Crippen molar-refractivity contribution >= 4 is 16.9 Å². The van der Waals surface area contributed by atoms with Gasteiger partial charge in [0.1, 0.15) is 11.9 Å². The molecule has 1 saturated heterocycles. The molecule has 0 aliphatic carbocycles. The SMILES string of the molecule is O=c1[nH][nH]c2cc(OC3COCC(Nc4nccnn4)C3)ccc12. The van der Waals surface area contributed by atoms with E-state index in [1.807, 2.05) is 0 Å². The highest BCUT2D eigenvalue weighted by Crippen LogP contribution is 2.21. The fourth-order valence-electron chi connectivity index (χ4n) is 2.76. The Kier molecular flexibility index (Phi) is 3.83. The second-order valence-electron chi connectivity index (χ2n) is 5.61. The van der Waals surface area contributed by atoms with E-state index in [-0.39, 0.29) is 17.7 Å². The van der Waals surface area contributed by atoms with Crippen molar-refractivity contribution in [1.29, 1.82) is 0 Å². The first kappa shape index (κ1) is 14.6. The number of nitrogens with one attached hydrogen (secondary N) is 3. The number of fused-ring (bicyclic) bond motifs is 1. The number of ether oxygens (including phenoxy) is 2. The van der Waals surface area contributed by atoms with E-state index in [2.05, 4.69) is 30.7 Å². The molecular formula is C15H16N6O3. The van der Waals surface area contributed by atoms with E-state index in [1.54, 1.807) is 24.4 Å². The number of rotatable bonds is 4. The number of nitrogens with zero attached hydrogens (tertiary/aromatic N) is 3. The van der Waals surface area contributed by atoms with Gasteiger partial charge < -0.3 is 14.8 Å². The van der Waals surface area contributed by atoms with Gasteiger partial charge in [-0.2, -0.15) is 5.10 Å². The van der Waals surface area contributed by atoms with E-state index in [4.69, 9.17) is 9.47 Å². The predicted molar refractivity (Wildman–Crippen MR) is 86.0 cm³/mol. The summed E-state index contributed by atoms with van der Waals surface area (Å²) in [4.78, 5) is 15.6. The Hall–Kier alpha value is -2.94. The van der Waals surface area contributed by atoms with Crippen LogP contribution in [0.5, 0.6) is 5.75 Å². The second kappa shape index (κ2) is 6.28. The maximum absolute atomic E-state index is 11.5. The lowest BCUT2D eigenvalue weighted by Crippen LogP contribution is -2.41. The third kappa shape index (κ3) is 3.06. The third-order valence-electron chi connectivity index (χ3n) is 3.84. The number of aromatic nitrogens is 5. The van der Waals surface area contributed by atoms with Crippen LogP contribution in [0.1, 0.15) is 6.42 Å². The minimum absolute atomic E-state index is 0.0451. The van der Waals surface area contributed by atoms with Gasteiger partial charge in [-0.25, -0.2) is 4.98 Å². The zero-order chi connectivity index (χ0) is 16.4. The minimum Gasteiger partial charge on any atom is -0.488 e. The van der Waals surface area contributed by atoms with E-state index in [0.717, 1.165) is 6.42 Å². The molecule has 0 amide bonds. The van der Waals surface area contributed by atoms with Gasteiger partial charge in [0, 0.05) is 12.5 Å². The van der Waals surface area contributed by atoms with E-state index < -0.39 is 0 Å². The first-order valence-electron chi connectivity index (χ1n) is 7.63. The minimum atomic E-state index is -0.140. The number of H-pyrrole nitrogens is 2. The molecule has 124 valence electrons. The predicted octanol–water partition coefficient (Wildman–Crippen LogP) is 0.690. The quantitative estimate of drug-likeness (QED) is 0.645. The van der Waals surface area contributed by atoms with Crippen molar-refractivity contribution in [3.05, 3.63) is 40.9 Å². The molecule has 1 fully saturated rings. The van der Waals surface area contributed by atoms with Crippen LogP contribution in [0.4, 0.5) is 5.95 Å². The number of anilines is 1. The number of benzene rings is 1. The van der Waals surface area contributed by atoms with E-state index in [0.29, 0.717) is 35.8 Å². The van der Waals surface area contributed by atoms with Gasteiger partial charge in [-0.3, -0.25) is 15.0 Å². The van der Waals surface area contributed by atoms with E-state index >= 15 is 0 Å². The summed E-state index contributed by atoms with van der Waals surface area (Å²) in [6.45, 7) is 1.07. The summed E-state index contributed by atoms with van der Waals surface area (Å²) in [5.41, 5.74) is 0.575. The maximum Gasteiger partial charge on any atom is 0.271 e. The molecule has 0 bridgehead atoms. The summed E-state index contributed by atoms with van der Waals surface area (Å²) >= 11 is 0. The van der Waals surface area contributed by atoms with Crippen molar-refractivity contribution in [1.82, 2.24) is 25.4 Å². The summed E-state index contributed by atoms with van der Waals surface area (Å²) in [5, 5.41) is 16.9. The molecule has 0 spiro atoms. The van der Waals surface area contributed by atoms with Crippen molar-refractivity contribution in [3.8, 4) is 5.75 Å². The number of hydrogen-bond acceptors (Lipinski definition) is 7. The van der Waals surface area contributed by atoms with Gasteiger partial charge in [-0.05, 0) is 12.1 Å². The van der Waals surface area contributed by atoms with Crippen molar-refractivity contribution in [3.63, 3.8) is 0 Å². The van der Waals surface area contributed by atoms with Gasteiger partial charge in [0.2, 0.25) is 5.95 Å². The molecule has 9 nitrogen and oxygen atoms in total. The van der Waals surface area contributed by atoms with Crippen molar-refractivity contribution in [2.45, 2.75) is 18.6 Å². The summed E-state index contributed by atoms with van der Waals surface area (Å²) < 4.78 is 11.6. The Labute approximate surface area is 136 Å². The Morgan fingerprint density at radius 2 is 2.21 bits per heavy atom. The molecule has 4 rings (SSSR count). The van der Waals surface area contributed by atoms with Gasteiger partial charge in [-0.15, -0.1) is 5.10 Å². The van der Waals surface area contributed by atoms with E-state index in [1.165, 1.54) is 6.20 Å². The summed E-state index contributed by atoms with van der Waals surface area (Å²) in [6.07, 6.45) is 3.76. The molecule has 1 aliphatic heterocycles. The van der Waals surface area contributed by atoms with Crippen LogP contribution in [-0.4, -0.2) is 50.7 Å². The topological polar surface area (TPSA) is 118 Å². The monoisotopic (exact) mass is 328 g/mol. The van der Waals surface area contributed by atoms with Crippen molar-refractivity contribution in [2.24, 2.45) is 0 Å². The lowest BCUT2D eigenvalue weighted by atomic mass is 10.1. The van der Waals surface area contributed by atoms with Crippen molar-refractivity contribution < 1.29 is 9.47 Å². The summed E-state index contributed by atoms with van der Waals surface area (Å²) in [6, 6.07) is 5.37. The van der Waals surface area contributed by atoms with Crippen LogP contribution < -0.4 is 15.6 Å². The number of aromatic amines is 2. The molecule has 24 heavy (non-hydrogen) atoms. The highest BCUT2D eigenvalue weighted by molar-refractivity contribution is 5.79. The first-order chi connectivity index (χ1) is 11.8. The average molecular weight is 328 g/mol. The molecule has 1 aliphatic rings. The average Bonchev–Trinajstić information content (AvgIpc) is 2.97. The largest absolute Gasteiger partial charge is 0.488 e. The van der Waals surface area contributed by atoms with Crippen LogP contribution in [0.15, 0.2) is 35.4 Å². The van der Waals surface area contributed by atoms with Gasteiger partial charge in [0.25, 0.3) is 5.56 Å². The Balaban J connectivity index is 1.42. The van der Waals surface area contributed by atoms with E-state index in [9.17, 15) is 4.79 Å². The van der Waals surface area contributed by atoms with Gasteiger partial charge in [-0.1, -0.05) is 0 Å². The van der Waals surface area contributed by atoms with Crippen LogP contribution in [0.3, 0.4) is 0 Å². The Morgan fingerprint density at radius 1 is 1.25 bits per heavy atom. The molecule has 2 unspecified atom stereocenters. The van der Waals surface area contributed by atoms with Crippen LogP contribution in [0.2, 0.25) is 0 Å². The van der Waals surface area contributed by atoms with Gasteiger partial charge >= 0.3 is 0 Å². The highest BCUT2D eigenvalue weighted by atomic mass is 16.5. The van der Waals surface area contributed by atoms with Crippen LogP contribution >= 0.6 is 0 Å². The molecule has 0 radical (unpaired) electrons. The third-order valence-corrected chi connectivity index (χ3v) is 3.84. The Bertz CT molecular complexity index is 878. The molecular weight excluding hydrogens is 312 g/mol. The molecule has 9 heteroatoms. The van der Waals surface area contributed by atoms with Crippen LogP contribution in [0.25, 0.3) is 10.9 Å². The highest BCUT2D eigenvalue weighted by Gasteiger charge is 2.24. The van der Waals surface area contributed by atoms with Crippen LogP contribution in [0, 0.1) is 0 Å². The second-order valence-corrected chi connectivity index (χ2v) is 5.61. The maximum atomic E-state index is 11.5.